The van der Waals surface area contributed by atoms with Crippen LogP contribution >= 0.6 is 0 Å². The molecule has 0 aromatic heterocycles. The van der Waals surface area contributed by atoms with Crippen LogP contribution in [-0.4, -0.2) is 0 Å². The average molecular weight is 220 g/mol. The van der Waals surface area contributed by atoms with Gasteiger partial charge in [-0.15, -0.1) is 0 Å². The monoisotopic (exact) mass is 220 g/mol. The average Bonchev–Trinajstić information content (AvgIpc) is 2.91. The van der Waals surface area contributed by atoms with Gasteiger partial charge in [-0.3, -0.25) is 0 Å². The van der Waals surface area contributed by atoms with Crippen LogP contribution in [0.4, 0.5) is 0 Å². The van der Waals surface area contributed by atoms with Crippen LogP contribution in [0.25, 0.3) is 0 Å². The van der Waals surface area contributed by atoms with Gasteiger partial charge >= 0.3 is 0 Å². The lowest BCUT2D eigenvalue weighted by atomic mass is 10.2. The van der Waals surface area contributed by atoms with Crippen LogP contribution in [0.2, 0.25) is 0 Å². The van der Waals surface area contributed by atoms with Gasteiger partial charge in [0.15, 0.2) is 0 Å². The molecule has 0 nitrogen and oxygen atoms in total. The molecule has 0 saturated heterocycles. The first kappa shape index (κ1) is 11.1. The summed E-state index contributed by atoms with van der Waals surface area (Å²) in [5.74, 6) is 8.98. The zero-order valence-corrected chi connectivity index (χ0v) is 11.4. The smallest absolute Gasteiger partial charge is 0.0355 e. The molecule has 92 valence electrons. The fraction of sp³-hybridized carbons (Fsp3) is 1.00. The van der Waals surface area contributed by atoms with E-state index in [1.807, 2.05) is 0 Å². The predicted molar refractivity (Wildman–Crippen MR) is 69.1 cm³/mol. The van der Waals surface area contributed by atoms with Crippen LogP contribution in [0.5, 0.6) is 0 Å². The summed E-state index contributed by atoms with van der Waals surface area (Å²) in [5, 5.41) is 0. The molecule has 4 rings (SSSR count). The summed E-state index contributed by atoms with van der Waals surface area (Å²) in [4.78, 5) is 0. The van der Waals surface area contributed by atoms with E-state index in [1.165, 1.54) is 25.7 Å². The lowest BCUT2D eigenvalue weighted by Crippen LogP contribution is -1.81. The first-order chi connectivity index (χ1) is 7.58. The van der Waals surface area contributed by atoms with E-state index in [1.54, 1.807) is 0 Å². The first-order valence-corrected chi connectivity index (χ1v) is 7.58. The number of hydrogen-bond acceptors (Lipinski definition) is 0. The lowest BCUT2D eigenvalue weighted by Gasteiger charge is -1.87. The maximum absolute atomic E-state index is 2.38. The highest BCUT2D eigenvalue weighted by atomic mass is 14.5. The third-order valence-corrected chi connectivity index (χ3v) is 5.79. The SMILES string of the molecule is C[C@@H]1C[C@H]1[C@@H]1C[C@H]1C.C[C@H]1C[C@H]1[C@@H]1C[C@@H]1C. The van der Waals surface area contributed by atoms with Crippen LogP contribution in [0.3, 0.4) is 0 Å². The predicted octanol–water partition coefficient (Wildman–Crippen LogP) is 4.60. The molecule has 4 aliphatic rings. The van der Waals surface area contributed by atoms with E-state index in [-0.39, 0.29) is 0 Å². The van der Waals surface area contributed by atoms with Gasteiger partial charge < -0.3 is 0 Å². The largest absolute Gasteiger partial charge is 0.0622 e. The van der Waals surface area contributed by atoms with Crippen LogP contribution in [0, 0.1) is 47.3 Å². The maximum Gasteiger partial charge on any atom is -0.0355 e. The van der Waals surface area contributed by atoms with Crippen molar-refractivity contribution in [2.45, 2.75) is 53.4 Å². The molecule has 0 bridgehead atoms. The molecule has 0 aromatic rings. The maximum atomic E-state index is 2.38. The Morgan fingerprint density at radius 2 is 0.562 bits per heavy atom. The van der Waals surface area contributed by atoms with Gasteiger partial charge in [0.1, 0.15) is 0 Å². The van der Waals surface area contributed by atoms with Crippen LogP contribution in [-0.2, 0) is 0 Å². The van der Waals surface area contributed by atoms with Gasteiger partial charge in [-0.25, -0.2) is 0 Å². The molecule has 0 amide bonds. The Morgan fingerprint density at radius 3 is 0.625 bits per heavy atom. The molecule has 4 fully saturated rings. The second-order valence-electron chi connectivity index (χ2n) is 7.51. The standard InChI is InChI=1S/2C8H14/c2*1-5-3-7(5)8-4-6(8)2/h2*5-8H,3-4H2,1-2H3/t5-,6-,7+,8+;5-,6-,7-,8-/m01/s1. The summed E-state index contributed by atoms with van der Waals surface area (Å²) in [7, 11) is 0. The second-order valence-corrected chi connectivity index (χ2v) is 7.51. The fourth-order valence-electron chi connectivity index (χ4n) is 3.79. The van der Waals surface area contributed by atoms with Crippen molar-refractivity contribution in [1.82, 2.24) is 0 Å². The van der Waals surface area contributed by atoms with Gasteiger partial charge in [0.2, 0.25) is 0 Å². The molecule has 0 N–H and O–H groups in total. The summed E-state index contributed by atoms with van der Waals surface area (Å²) in [6, 6.07) is 0. The molecule has 0 aliphatic heterocycles. The molecule has 0 heteroatoms. The molecular weight excluding hydrogens is 192 g/mol. The number of rotatable bonds is 2. The van der Waals surface area contributed by atoms with Crippen molar-refractivity contribution in [3.63, 3.8) is 0 Å². The van der Waals surface area contributed by atoms with Crippen molar-refractivity contribution in [2.75, 3.05) is 0 Å². The second kappa shape index (κ2) is 3.75. The van der Waals surface area contributed by atoms with Gasteiger partial charge in [0, 0.05) is 0 Å². The Hall–Kier alpha value is 0. The Kier molecular flexibility index (Phi) is 2.60. The molecule has 4 saturated carbocycles. The highest BCUT2D eigenvalue weighted by Crippen LogP contribution is 2.57. The molecular formula is C16H28. The fourth-order valence-corrected chi connectivity index (χ4v) is 3.79. The Balaban J connectivity index is 0.000000101. The van der Waals surface area contributed by atoms with Gasteiger partial charge in [-0.1, -0.05) is 27.7 Å². The van der Waals surface area contributed by atoms with E-state index in [2.05, 4.69) is 27.7 Å². The Morgan fingerprint density at radius 1 is 0.438 bits per heavy atom. The molecule has 0 aromatic carbocycles. The summed E-state index contributed by atoms with van der Waals surface area (Å²) in [5.41, 5.74) is 0. The molecule has 0 unspecified atom stereocenters. The quantitative estimate of drug-likeness (QED) is 0.638. The van der Waals surface area contributed by atoms with Crippen LogP contribution in [0.1, 0.15) is 53.4 Å². The van der Waals surface area contributed by atoms with E-state index in [4.69, 9.17) is 0 Å². The van der Waals surface area contributed by atoms with Crippen molar-refractivity contribution in [3.8, 4) is 0 Å². The summed E-state index contributed by atoms with van der Waals surface area (Å²) < 4.78 is 0. The third kappa shape index (κ3) is 2.31. The summed E-state index contributed by atoms with van der Waals surface area (Å²) in [6.45, 7) is 9.54. The number of hydrogen-bond donors (Lipinski definition) is 0. The molecule has 0 radical (unpaired) electrons. The minimum absolute atomic E-state index is 1.09. The van der Waals surface area contributed by atoms with Gasteiger partial charge in [-0.2, -0.15) is 0 Å². The van der Waals surface area contributed by atoms with Gasteiger partial charge in [0.25, 0.3) is 0 Å². The molecule has 4 aliphatic carbocycles. The van der Waals surface area contributed by atoms with Gasteiger partial charge in [0.05, 0.1) is 0 Å². The normalized spacial score (nSPS) is 60.8. The summed E-state index contributed by atoms with van der Waals surface area (Å²) >= 11 is 0. The molecule has 16 heavy (non-hydrogen) atoms. The zero-order valence-electron chi connectivity index (χ0n) is 11.4. The minimum Gasteiger partial charge on any atom is -0.0622 e. The molecule has 0 heterocycles. The van der Waals surface area contributed by atoms with Crippen molar-refractivity contribution in [1.29, 1.82) is 0 Å². The van der Waals surface area contributed by atoms with E-state index >= 15 is 0 Å². The molecule has 0 spiro atoms. The third-order valence-electron chi connectivity index (χ3n) is 5.79. The van der Waals surface area contributed by atoms with Crippen molar-refractivity contribution >= 4 is 0 Å². The Bertz CT molecular complexity index is 213. The summed E-state index contributed by atoms with van der Waals surface area (Å²) in [6.07, 6.45) is 6.15. The first-order valence-electron chi connectivity index (χ1n) is 7.58. The molecule has 8 atom stereocenters. The van der Waals surface area contributed by atoms with Crippen LogP contribution in [0.15, 0.2) is 0 Å². The van der Waals surface area contributed by atoms with Crippen molar-refractivity contribution in [3.05, 3.63) is 0 Å². The topological polar surface area (TPSA) is 0 Å². The zero-order chi connectivity index (χ0) is 11.4. The van der Waals surface area contributed by atoms with E-state index in [9.17, 15) is 0 Å². The van der Waals surface area contributed by atoms with E-state index in [0.717, 1.165) is 47.3 Å². The van der Waals surface area contributed by atoms with Crippen molar-refractivity contribution < 1.29 is 0 Å². The minimum atomic E-state index is 1.09. The highest BCUT2D eigenvalue weighted by Gasteiger charge is 2.49. The Labute approximate surface area is 101 Å². The van der Waals surface area contributed by atoms with Gasteiger partial charge in [-0.05, 0) is 73.0 Å². The lowest BCUT2D eigenvalue weighted by molar-refractivity contribution is 0.614. The van der Waals surface area contributed by atoms with Crippen LogP contribution < -0.4 is 0 Å². The van der Waals surface area contributed by atoms with E-state index in [0.29, 0.717) is 0 Å². The van der Waals surface area contributed by atoms with E-state index < -0.39 is 0 Å². The highest BCUT2D eigenvalue weighted by molar-refractivity contribution is 4.99. The van der Waals surface area contributed by atoms with Crippen molar-refractivity contribution in [2.24, 2.45) is 47.3 Å².